The summed E-state index contributed by atoms with van der Waals surface area (Å²) in [5.74, 6) is 0. The van der Waals surface area contributed by atoms with E-state index < -0.39 is 0 Å². The van der Waals surface area contributed by atoms with Crippen molar-refractivity contribution in [2.75, 3.05) is 26.2 Å². The molecule has 0 bridgehead atoms. The molecule has 0 aromatic heterocycles. The zero-order valence-corrected chi connectivity index (χ0v) is 10.6. The maximum atomic E-state index is 3.59. The number of hydrogen-bond acceptors (Lipinski definition) is 2. The summed E-state index contributed by atoms with van der Waals surface area (Å²) in [5, 5.41) is 3.59. The Labute approximate surface area is 95.4 Å². The Morgan fingerprint density at radius 1 is 1.20 bits per heavy atom. The predicted octanol–water partition coefficient (Wildman–Crippen LogP) is 2.64. The second-order valence-corrected chi connectivity index (χ2v) is 4.74. The molecule has 90 valence electrons. The smallest absolute Gasteiger partial charge is 0.0221 e. The van der Waals surface area contributed by atoms with Gasteiger partial charge in [0.1, 0.15) is 0 Å². The Balaban J connectivity index is 2.09. The van der Waals surface area contributed by atoms with E-state index in [1.165, 1.54) is 64.7 Å². The van der Waals surface area contributed by atoms with Crippen LogP contribution in [0.15, 0.2) is 0 Å². The van der Waals surface area contributed by atoms with Crippen LogP contribution in [0.5, 0.6) is 0 Å². The fourth-order valence-electron chi connectivity index (χ4n) is 2.35. The van der Waals surface area contributed by atoms with Crippen molar-refractivity contribution >= 4 is 0 Å². The van der Waals surface area contributed by atoms with Crippen LogP contribution in [0.25, 0.3) is 0 Å². The Hall–Kier alpha value is -0.0800. The predicted molar refractivity (Wildman–Crippen MR) is 67.3 cm³/mol. The molecule has 0 aromatic rings. The van der Waals surface area contributed by atoms with Gasteiger partial charge in [0.2, 0.25) is 0 Å². The van der Waals surface area contributed by atoms with Crippen molar-refractivity contribution in [2.45, 2.75) is 58.4 Å². The Kier molecular flexibility index (Phi) is 7.03. The molecule has 1 saturated heterocycles. The van der Waals surface area contributed by atoms with Crippen molar-refractivity contribution < 1.29 is 0 Å². The van der Waals surface area contributed by atoms with Gasteiger partial charge in [-0.2, -0.15) is 0 Å². The molecule has 2 heteroatoms. The largest absolute Gasteiger partial charge is 0.315 e. The summed E-state index contributed by atoms with van der Waals surface area (Å²) in [6.45, 7) is 9.60. The molecule has 0 unspecified atom stereocenters. The number of nitrogens with zero attached hydrogens (tertiary/aromatic N) is 1. The van der Waals surface area contributed by atoms with Crippen molar-refractivity contribution in [2.24, 2.45) is 0 Å². The van der Waals surface area contributed by atoms with Gasteiger partial charge in [-0.25, -0.2) is 0 Å². The number of hydrogen-bond donors (Lipinski definition) is 1. The molecule has 0 radical (unpaired) electrons. The zero-order valence-electron chi connectivity index (χ0n) is 10.6. The molecule has 0 saturated carbocycles. The first kappa shape index (κ1) is 13.0. The van der Waals surface area contributed by atoms with Crippen LogP contribution < -0.4 is 5.32 Å². The highest BCUT2D eigenvalue weighted by Gasteiger charge is 2.22. The van der Waals surface area contributed by atoms with E-state index in [4.69, 9.17) is 0 Å². The summed E-state index contributed by atoms with van der Waals surface area (Å²) in [6, 6.07) is 0.827. The van der Waals surface area contributed by atoms with E-state index in [1.54, 1.807) is 0 Å². The lowest BCUT2D eigenvalue weighted by Crippen LogP contribution is -2.38. The summed E-state index contributed by atoms with van der Waals surface area (Å²) >= 11 is 0. The summed E-state index contributed by atoms with van der Waals surface area (Å²) in [5.41, 5.74) is 0. The van der Waals surface area contributed by atoms with Gasteiger partial charge in [-0.15, -0.1) is 0 Å². The zero-order chi connectivity index (χ0) is 10.9. The third kappa shape index (κ3) is 4.98. The Bertz CT molecular complexity index is 147. The number of nitrogens with one attached hydrogen (secondary N) is 1. The first-order valence-electron chi connectivity index (χ1n) is 6.83. The average molecular weight is 212 g/mol. The minimum atomic E-state index is 0.827. The molecule has 1 aliphatic rings. The first-order chi connectivity index (χ1) is 7.38. The third-order valence-corrected chi connectivity index (χ3v) is 3.39. The van der Waals surface area contributed by atoms with Crippen LogP contribution in [0.3, 0.4) is 0 Å². The third-order valence-electron chi connectivity index (χ3n) is 3.39. The molecule has 0 amide bonds. The molecule has 1 heterocycles. The van der Waals surface area contributed by atoms with Gasteiger partial charge < -0.3 is 5.32 Å². The average Bonchev–Trinajstić information content (AvgIpc) is 2.69. The van der Waals surface area contributed by atoms with E-state index >= 15 is 0 Å². The number of likely N-dealkylation sites (tertiary alicyclic amines) is 1. The molecule has 1 atom stereocenters. The number of rotatable bonds is 8. The molecular formula is C13H28N2. The van der Waals surface area contributed by atoms with Crippen molar-refractivity contribution in [3.8, 4) is 0 Å². The first-order valence-corrected chi connectivity index (χ1v) is 6.83. The van der Waals surface area contributed by atoms with Crippen molar-refractivity contribution in [1.82, 2.24) is 10.2 Å². The van der Waals surface area contributed by atoms with E-state index in [-0.39, 0.29) is 0 Å². The van der Waals surface area contributed by atoms with E-state index in [0.29, 0.717) is 0 Å². The Morgan fingerprint density at radius 3 is 2.73 bits per heavy atom. The van der Waals surface area contributed by atoms with Crippen molar-refractivity contribution in [1.29, 1.82) is 0 Å². The van der Waals surface area contributed by atoms with Gasteiger partial charge in [-0.3, -0.25) is 4.90 Å². The normalized spacial score (nSPS) is 22.4. The van der Waals surface area contributed by atoms with Crippen LogP contribution in [0, 0.1) is 0 Å². The fourth-order valence-corrected chi connectivity index (χ4v) is 2.35. The molecule has 0 spiro atoms. The summed E-state index contributed by atoms with van der Waals surface area (Å²) in [7, 11) is 0. The molecule has 1 rings (SSSR count). The molecule has 2 nitrogen and oxygen atoms in total. The maximum absolute atomic E-state index is 3.59. The number of unbranched alkanes of at least 4 members (excludes halogenated alkanes) is 2. The van der Waals surface area contributed by atoms with Gasteiger partial charge in [0.15, 0.2) is 0 Å². The highest BCUT2D eigenvalue weighted by molar-refractivity contribution is 4.80. The summed E-state index contributed by atoms with van der Waals surface area (Å²) in [4.78, 5) is 2.68. The van der Waals surface area contributed by atoms with E-state index in [9.17, 15) is 0 Å². The summed E-state index contributed by atoms with van der Waals surface area (Å²) in [6.07, 6.45) is 8.13. The van der Waals surface area contributed by atoms with Crippen LogP contribution >= 0.6 is 0 Å². The van der Waals surface area contributed by atoms with Crippen LogP contribution in [-0.4, -0.2) is 37.1 Å². The molecule has 0 aliphatic carbocycles. The summed E-state index contributed by atoms with van der Waals surface area (Å²) < 4.78 is 0. The van der Waals surface area contributed by atoms with Gasteiger partial charge in [0, 0.05) is 12.6 Å². The SMILES string of the molecule is CCCCNC[C@H]1CCCN1CCCC. The standard InChI is InChI=1S/C13H28N2/c1-3-5-9-14-12-13-8-7-11-15(13)10-6-4-2/h13-14H,3-12H2,1-2H3/t13-/m1/s1. The maximum Gasteiger partial charge on any atom is 0.0221 e. The molecular weight excluding hydrogens is 184 g/mol. The molecule has 0 aromatic carbocycles. The van der Waals surface area contributed by atoms with Gasteiger partial charge in [-0.05, 0) is 45.3 Å². The van der Waals surface area contributed by atoms with Gasteiger partial charge in [0.05, 0.1) is 0 Å². The monoisotopic (exact) mass is 212 g/mol. The van der Waals surface area contributed by atoms with E-state index in [2.05, 4.69) is 24.1 Å². The molecule has 1 N–H and O–H groups in total. The second kappa shape index (κ2) is 8.12. The second-order valence-electron chi connectivity index (χ2n) is 4.74. The van der Waals surface area contributed by atoms with Crippen molar-refractivity contribution in [3.05, 3.63) is 0 Å². The van der Waals surface area contributed by atoms with Gasteiger partial charge >= 0.3 is 0 Å². The van der Waals surface area contributed by atoms with E-state index in [1.807, 2.05) is 0 Å². The van der Waals surface area contributed by atoms with Crippen LogP contribution in [0.1, 0.15) is 52.4 Å². The van der Waals surface area contributed by atoms with E-state index in [0.717, 1.165) is 6.04 Å². The quantitative estimate of drug-likeness (QED) is 0.622. The van der Waals surface area contributed by atoms with Crippen LogP contribution in [-0.2, 0) is 0 Å². The minimum absolute atomic E-state index is 0.827. The lowest BCUT2D eigenvalue weighted by molar-refractivity contribution is 0.244. The lowest BCUT2D eigenvalue weighted by atomic mass is 10.2. The molecule has 1 aliphatic heterocycles. The molecule has 15 heavy (non-hydrogen) atoms. The molecule has 1 fully saturated rings. The Morgan fingerprint density at radius 2 is 2.00 bits per heavy atom. The van der Waals surface area contributed by atoms with Gasteiger partial charge in [0.25, 0.3) is 0 Å². The van der Waals surface area contributed by atoms with Crippen LogP contribution in [0.4, 0.5) is 0 Å². The lowest BCUT2D eigenvalue weighted by Gasteiger charge is -2.24. The highest BCUT2D eigenvalue weighted by Crippen LogP contribution is 2.16. The van der Waals surface area contributed by atoms with Gasteiger partial charge in [-0.1, -0.05) is 26.7 Å². The highest BCUT2D eigenvalue weighted by atomic mass is 15.2. The van der Waals surface area contributed by atoms with Crippen molar-refractivity contribution in [3.63, 3.8) is 0 Å². The topological polar surface area (TPSA) is 15.3 Å². The minimum Gasteiger partial charge on any atom is -0.315 e. The fraction of sp³-hybridized carbons (Fsp3) is 1.00. The van der Waals surface area contributed by atoms with Crippen LogP contribution in [0.2, 0.25) is 0 Å².